The summed E-state index contributed by atoms with van der Waals surface area (Å²) in [6.07, 6.45) is -6.20. The highest BCUT2D eigenvalue weighted by Crippen LogP contribution is 2.22. The maximum Gasteiger partial charge on any atom is 0.414 e. The summed E-state index contributed by atoms with van der Waals surface area (Å²) in [4.78, 5) is 0. The quantitative estimate of drug-likeness (QED) is 0.664. The molecule has 0 bridgehead atoms. The van der Waals surface area contributed by atoms with E-state index in [-0.39, 0.29) is 13.2 Å². The van der Waals surface area contributed by atoms with Crippen molar-refractivity contribution in [2.75, 3.05) is 13.2 Å². The van der Waals surface area contributed by atoms with E-state index < -0.39 is 18.3 Å². The number of alkyl halides is 3. The van der Waals surface area contributed by atoms with Crippen molar-refractivity contribution in [3.05, 3.63) is 0 Å². The Kier molecular flexibility index (Phi) is 4.51. The van der Waals surface area contributed by atoms with E-state index in [0.29, 0.717) is 0 Å². The zero-order valence-electron chi connectivity index (χ0n) is 6.64. The van der Waals surface area contributed by atoms with Gasteiger partial charge in [0.2, 0.25) is 0 Å². The zero-order valence-corrected chi connectivity index (χ0v) is 6.64. The molecule has 3 nitrogen and oxygen atoms in total. The van der Waals surface area contributed by atoms with Crippen molar-refractivity contribution < 1.29 is 23.0 Å². The number of aliphatic hydroxyl groups excluding tert-OH is 1. The monoisotopic (exact) mass is 187 g/mol. The van der Waals surface area contributed by atoms with Crippen molar-refractivity contribution in [2.24, 2.45) is 5.73 Å². The van der Waals surface area contributed by atoms with Crippen LogP contribution in [0.2, 0.25) is 0 Å². The molecule has 0 aromatic rings. The van der Waals surface area contributed by atoms with Crippen LogP contribution in [0.5, 0.6) is 0 Å². The van der Waals surface area contributed by atoms with Crippen LogP contribution in [0.3, 0.4) is 0 Å². The third-order valence-electron chi connectivity index (χ3n) is 1.26. The summed E-state index contributed by atoms with van der Waals surface area (Å²) in [5, 5.41) is 8.36. The molecule has 6 heteroatoms. The minimum atomic E-state index is -4.37. The van der Waals surface area contributed by atoms with E-state index in [1.54, 1.807) is 0 Å². The highest BCUT2D eigenvalue weighted by atomic mass is 19.4. The molecule has 0 aliphatic rings. The van der Waals surface area contributed by atoms with Gasteiger partial charge in [0.05, 0.1) is 19.3 Å². The molecule has 0 aromatic heterocycles. The number of rotatable bonds is 4. The van der Waals surface area contributed by atoms with Crippen LogP contribution in [0.15, 0.2) is 0 Å². The van der Waals surface area contributed by atoms with Crippen LogP contribution in [-0.4, -0.2) is 36.6 Å². The Morgan fingerprint density at radius 2 is 2.00 bits per heavy atom. The molecule has 0 aliphatic carbocycles. The van der Waals surface area contributed by atoms with E-state index in [2.05, 4.69) is 4.74 Å². The van der Waals surface area contributed by atoms with Gasteiger partial charge in [0.15, 0.2) is 6.10 Å². The molecule has 3 N–H and O–H groups in total. The Labute approximate surface area is 68.3 Å². The molecule has 2 atom stereocenters. The maximum absolute atomic E-state index is 11.8. The molecule has 0 fully saturated rings. The Bertz CT molecular complexity index is 128. The van der Waals surface area contributed by atoms with Crippen LogP contribution in [0, 0.1) is 0 Å². The van der Waals surface area contributed by atoms with Crippen LogP contribution in [0.4, 0.5) is 13.2 Å². The van der Waals surface area contributed by atoms with E-state index >= 15 is 0 Å². The third kappa shape index (κ3) is 4.53. The molecule has 0 amide bonds. The topological polar surface area (TPSA) is 55.5 Å². The number of hydrogen-bond donors (Lipinski definition) is 2. The van der Waals surface area contributed by atoms with Crippen LogP contribution in [0.1, 0.15) is 6.92 Å². The molecule has 0 rings (SSSR count). The average Bonchev–Trinajstić information content (AvgIpc) is 1.97. The highest BCUT2D eigenvalue weighted by molar-refractivity contribution is 4.63. The van der Waals surface area contributed by atoms with Gasteiger partial charge < -0.3 is 15.6 Å². The average molecular weight is 187 g/mol. The molecule has 0 saturated carbocycles. The molecule has 0 aliphatic heterocycles. The van der Waals surface area contributed by atoms with Crippen molar-refractivity contribution in [3.8, 4) is 0 Å². The molecular weight excluding hydrogens is 175 g/mol. The maximum atomic E-state index is 11.8. The van der Waals surface area contributed by atoms with Crippen molar-refractivity contribution in [2.45, 2.75) is 25.2 Å². The Hall–Kier alpha value is -0.330. The first-order valence-corrected chi connectivity index (χ1v) is 3.42. The van der Waals surface area contributed by atoms with E-state index in [1.165, 1.54) is 0 Å². The van der Waals surface area contributed by atoms with Gasteiger partial charge in [-0.2, -0.15) is 13.2 Å². The highest BCUT2D eigenvalue weighted by Gasteiger charge is 2.36. The van der Waals surface area contributed by atoms with Crippen LogP contribution >= 0.6 is 0 Å². The zero-order chi connectivity index (χ0) is 9.78. The lowest BCUT2D eigenvalue weighted by molar-refractivity contribution is -0.215. The molecule has 0 spiro atoms. The van der Waals surface area contributed by atoms with Gasteiger partial charge in [0.25, 0.3) is 0 Å². The Morgan fingerprint density at radius 3 is 2.33 bits per heavy atom. The molecule has 0 saturated heterocycles. The lowest BCUT2D eigenvalue weighted by Gasteiger charge is -2.18. The summed E-state index contributed by atoms with van der Waals surface area (Å²) in [5.74, 6) is 0. The standard InChI is InChI=1S/C6H12F3NO2/c1-4(6(7,8)9)12-3-5(10)2-11/h4-5,11H,2-3,10H2,1H3. The smallest absolute Gasteiger partial charge is 0.395 e. The van der Waals surface area contributed by atoms with E-state index in [0.717, 1.165) is 6.92 Å². The van der Waals surface area contributed by atoms with Crippen LogP contribution < -0.4 is 5.73 Å². The van der Waals surface area contributed by atoms with Gasteiger partial charge in [-0.3, -0.25) is 0 Å². The molecule has 2 unspecified atom stereocenters. The first-order valence-electron chi connectivity index (χ1n) is 3.42. The lowest BCUT2D eigenvalue weighted by atomic mass is 10.3. The van der Waals surface area contributed by atoms with Gasteiger partial charge in [-0.05, 0) is 6.92 Å². The second-order valence-corrected chi connectivity index (χ2v) is 2.46. The first kappa shape index (κ1) is 11.7. The van der Waals surface area contributed by atoms with Gasteiger partial charge in [-0.25, -0.2) is 0 Å². The fraction of sp³-hybridized carbons (Fsp3) is 1.00. The van der Waals surface area contributed by atoms with Crippen molar-refractivity contribution in [1.82, 2.24) is 0 Å². The normalized spacial score (nSPS) is 17.5. The second-order valence-electron chi connectivity index (χ2n) is 2.46. The minimum absolute atomic E-state index is 0.294. The first-order chi connectivity index (χ1) is 5.38. The number of nitrogens with two attached hydrogens (primary N) is 1. The van der Waals surface area contributed by atoms with Crippen LogP contribution in [-0.2, 0) is 4.74 Å². The van der Waals surface area contributed by atoms with E-state index in [9.17, 15) is 13.2 Å². The Morgan fingerprint density at radius 1 is 1.50 bits per heavy atom. The van der Waals surface area contributed by atoms with Gasteiger partial charge in [-0.15, -0.1) is 0 Å². The predicted octanol–water partition coefficient (Wildman–Crippen LogP) is 0.273. The third-order valence-corrected chi connectivity index (χ3v) is 1.26. The van der Waals surface area contributed by atoms with Gasteiger partial charge in [0.1, 0.15) is 0 Å². The SMILES string of the molecule is CC(OCC(N)CO)C(F)(F)F. The molecule has 0 aromatic carbocycles. The predicted molar refractivity (Wildman–Crippen MR) is 36.5 cm³/mol. The summed E-state index contributed by atoms with van der Waals surface area (Å²) >= 11 is 0. The summed E-state index contributed by atoms with van der Waals surface area (Å²) in [6, 6.07) is -0.755. The van der Waals surface area contributed by atoms with Crippen molar-refractivity contribution >= 4 is 0 Å². The van der Waals surface area contributed by atoms with Crippen molar-refractivity contribution in [3.63, 3.8) is 0 Å². The van der Waals surface area contributed by atoms with E-state index in [1.807, 2.05) is 0 Å². The molecule has 12 heavy (non-hydrogen) atoms. The summed E-state index contributed by atoms with van der Waals surface area (Å²) in [7, 11) is 0. The number of halogens is 3. The molecular formula is C6H12F3NO2. The number of ether oxygens (including phenoxy) is 1. The van der Waals surface area contributed by atoms with Crippen LogP contribution in [0.25, 0.3) is 0 Å². The minimum Gasteiger partial charge on any atom is -0.395 e. The molecule has 0 radical (unpaired) electrons. The summed E-state index contributed by atoms with van der Waals surface area (Å²) in [5.41, 5.74) is 5.12. The largest absolute Gasteiger partial charge is 0.414 e. The van der Waals surface area contributed by atoms with E-state index in [4.69, 9.17) is 10.8 Å². The molecule has 0 heterocycles. The summed E-state index contributed by atoms with van der Waals surface area (Å²) < 4.78 is 39.7. The van der Waals surface area contributed by atoms with Gasteiger partial charge in [0, 0.05) is 0 Å². The number of hydrogen-bond acceptors (Lipinski definition) is 3. The second kappa shape index (κ2) is 4.64. The van der Waals surface area contributed by atoms with Gasteiger partial charge in [-0.1, -0.05) is 0 Å². The fourth-order valence-corrected chi connectivity index (χ4v) is 0.415. The lowest BCUT2D eigenvalue weighted by Crippen LogP contribution is -2.36. The van der Waals surface area contributed by atoms with Gasteiger partial charge >= 0.3 is 6.18 Å². The Balaban J connectivity index is 3.64. The molecule has 74 valence electrons. The summed E-state index contributed by atoms with van der Waals surface area (Å²) in [6.45, 7) is 0.214. The number of aliphatic hydroxyl groups is 1. The van der Waals surface area contributed by atoms with Crippen molar-refractivity contribution in [1.29, 1.82) is 0 Å². The fourth-order valence-electron chi connectivity index (χ4n) is 0.415.